The van der Waals surface area contributed by atoms with Crippen molar-refractivity contribution in [2.24, 2.45) is 0 Å². The molecule has 0 rings (SSSR count). The van der Waals surface area contributed by atoms with Gasteiger partial charge < -0.3 is 9.66 Å². The van der Waals surface area contributed by atoms with Gasteiger partial charge in [-0.15, -0.1) is 0 Å². The van der Waals surface area contributed by atoms with Crippen LogP contribution in [0.25, 0.3) is 0 Å². The third-order valence-electron chi connectivity index (χ3n) is 4.47. The third kappa shape index (κ3) is 17.7. The molecule has 0 fully saturated rings. The second kappa shape index (κ2) is 18.7. The minimum absolute atomic E-state index is 0. The van der Waals surface area contributed by atoms with Gasteiger partial charge in [-0.25, -0.2) is 8.42 Å². The van der Waals surface area contributed by atoms with Gasteiger partial charge in [0.15, 0.2) is 0 Å². The maximum absolute atomic E-state index is 11.4. The summed E-state index contributed by atoms with van der Waals surface area (Å²) in [5.41, 5.74) is 0. The monoisotopic (exact) mass is 372 g/mol. The van der Waals surface area contributed by atoms with Crippen molar-refractivity contribution in [3.05, 3.63) is 0 Å². The van der Waals surface area contributed by atoms with Crippen molar-refractivity contribution < 1.29 is 47.6 Å². The number of unbranched alkanes of at least 4 members (excludes halogenated alkanes) is 11. The van der Waals surface area contributed by atoms with Crippen LogP contribution < -0.4 is 29.6 Å². The fraction of sp³-hybridized carbons (Fsp3) is 1.00. The van der Waals surface area contributed by atoms with Gasteiger partial charge in [0.05, 0.1) is 10.1 Å². The Hall–Kier alpha value is 0.870. The van der Waals surface area contributed by atoms with Crippen molar-refractivity contribution in [1.82, 2.24) is 0 Å². The molecule has 1 unspecified atom stereocenters. The van der Waals surface area contributed by atoms with Gasteiger partial charge in [0.1, 0.15) is 0 Å². The van der Waals surface area contributed by atoms with Gasteiger partial charge >= 0.3 is 29.6 Å². The van der Waals surface area contributed by atoms with Gasteiger partial charge in [-0.3, -0.25) is 0 Å². The molecule has 0 aliphatic heterocycles. The van der Waals surface area contributed by atoms with Crippen LogP contribution >= 0.6 is 0 Å². The van der Waals surface area contributed by atoms with Crippen molar-refractivity contribution in [3.8, 4) is 0 Å². The average Bonchev–Trinajstić information content (AvgIpc) is 2.50. The molecule has 0 radical (unpaired) electrons. The van der Waals surface area contributed by atoms with Crippen molar-refractivity contribution in [3.63, 3.8) is 0 Å². The van der Waals surface area contributed by atoms with Crippen molar-refractivity contribution >= 4 is 10.1 Å². The molecule has 0 bridgehead atoms. The van der Waals surface area contributed by atoms with Crippen molar-refractivity contribution in [2.75, 3.05) is 6.61 Å². The Morgan fingerprint density at radius 3 is 1.50 bits per heavy atom. The Morgan fingerprint density at radius 2 is 1.12 bits per heavy atom. The van der Waals surface area contributed by atoms with Crippen LogP contribution in [0.5, 0.6) is 0 Å². The predicted molar refractivity (Wildman–Crippen MR) is 95.5 cm³/mol. The second-order valence-corrected chi connectivity index (χ2v) is 8.31. The molecule has 0 saturated carbocycles. The summed E-state index contributed by atoms with van der Waals surface area (Å²) in [5, 5.41) is 8.01. The molecule has 6 heteroatoms. The first-order chi connectivity index (χ1) is 11.0. The van der Waals surface area contributed by atoms with Crippen LogP contribution in [-0.2, 0) is 10.1 Å². The fourth-order valence-electron chi connectivity index (χ4n) is 2.95. The minimum Gasteiger partial charge on any atom is -0.748 e. The van der Waals surface area contributed by atoms with E-state index in [1.165, 1.54) is 25.7 Å². The number of aliphatic hydroxyl groups is 1. The molecule has 0 spiro atoms. The molecule has 0 aromatic heterocycles. The Kier molecular flexibility index (Phi) is 21.1. The normalized spacial score (nSPS) is 12.8. The molecule has 0 aliphatic carbocycles. The number of aliphatic hydroxyl groups excluding tert-OH is 1. The van der Waals surface area contributed by atoms with Crippen LogP contribution in [-0.4, -0.2) is 29.9 Å². The van der Waals surface area contributed by atoms with Crippen molar-refractivity contribution in [2.45, 2.75) is 108 Å². The topological polar surface area (TPSA) is 77.4 Å². The zero-order valence-electron chi connectivity index (χ0n) is 16.0. The summed E-state index contributed by atoms with van der Waals surface area (Å²) in [6.45, 7) is 2.44. The van der Waals surface area contributed by atoms with Gasteiger partial charge in [-0.05, 0) is 19.3 Å². The molecule has 1 atom stereocenters. The first-order valence-electron chi connectivity index (χ1n) is 9.58. The molecular weight excluding hydrogens is 335 g/mol. The van der Waals surface area contributed by atoms with E-state index in [9.17, 15) is 13.0 Å². The number of hydrogen-bond acceptors (Lipinski definition) is 4. The predicted octanol–water partition coefficient (Wildman–Crippen LogP) is 1.77. The van der Waals surface area contributed by atoms with Crippen LogP contribution in [0.3, 0.4) is 0 Å². The second-order valence-electron chi connectivity index (χ2n) is 6.66. The first kappa shape index (κ1) is 27.1. The zero-order valence-corrected chi connectivity index (χ0v) is 18.8. The van der Waals surface area contributed by atoms with Crippen LogP contribution in [0.2, 0.25) is 0 Å². The standard InChI is InChI=1S/C18H38O4S.Na/c1-2-3-4-5-6-9-12-15-18(23(20,21)22)16-13-10-7-8-11-14-17-19;/h18-19H,2-17H2,1H3,(H,20,21,22);/q;+1/p-1. The Bertz CT molecular complexity index is 329. The van der Waals surface area contributed by atoms with E-state index in [0.29, 0.717) is 12.8 Å². The molecule has 4 nitrogen and oxygen atoms in total. The van der Waals surface area contributed by atoms with Crippen molar-refractivity contribution in [1.29, 1.82) is 0 Å². The Balaban J connectivity index is 0. The summed E-state index contributed by atoms with van der Waals surface area (Å²) in [7, 11) is -4.15. The van der Waals surface area contributed by atoms with E-state index >= 15 is 0 Å². The van der Waals surface area contributed by atoms with E-state index in [2.05, 4.69) is 6.92 Å². The van der Waals surface area contributed by atoms with Crippen LogP contribution in [0.4, 0.5) is 0 Å². The van der Waals surface area contributed by atoms with E-state index in [0.717, 1.165) is 57.8 Å². The fourth-order valence-corrected chi connectivity index (χ4v) is 3.86. The minimum atomic E-state index is -4.15. The molecule has 140 valence electrons. The van der Waals surface area contributed by atoms with E-state index in [1.54, 1.807) is 0 Å². The van der Waals surface area contributed by atoms with E-state index in [1.807, 2.05) is 0 Å². The summed E-state index contributed by atoms with van der Waals surface area (Å²) in [6.07, 6.45) is 14.9. The summed E-state index contributed by atoms with van der Waals surface area (Å²) in [4.78, 5) is 0. The molecule has 0 aromatic rings. The van der Waals surface area contributed by atoms with Gasteiger partial charge in [0, 0.05) is 11.9 Å². The van der Waals surface area contributed by atoms with Gasteiger partial charge in [-0.2, -0.15) is 0 Å². The summed E-state index contributed by atoms with van der Waals surface area (Å²) in [5.74, 6) is 0. The first-order valence-corrected chi connectivity index (χ1v) is 11.0. The zero-order chi connectivity index (χ0) is 17.4. The van der Waals surface area contributed by atoms with E-state index in [4.69, 9.17) is 5.11 Å². The third-order valence-corrected chi connectivity index (χ3v) is 5.76. The van der Waals surface area contributed by atoms with Crippen LogP contribution in [0, 0.1) is 0 Å². The quantitative estimate of drug-likeness (QED) is 0.240. The summed E-state index contributed by atoms with van der Waals surface area (Å²) in [6, 6.07) is 0. The molecule has 0 saturated heterocycles. The number of rotatable bonds is 17. The molecule has 1 N–H and O–H groups in total. The molecular formula is C18H37NaO4S. The van der Waals surface area contributed by atoms with Crippen LogP contribution in [0.15, 0.2) is 0 Å². The average molecular weight is 373 g/mol. The molecule has 0 aliphatic rings. The summed E-state index contributed by atoms with van der Waals surface area (Å²) >= 11 is 0. The smallest absolute Gasteiger partial charge is 0.748 e. The molecule has 0 amide bonds. The van der Waals surface area contributed by atoms with Crippen LogP contribution in [0.1, 0.15) is 103 Å². The maximum Gasteiger partial charge on any atom is 1.00 e. The molecule has 0 heterocycles. The Morgan fingerprint density at radius 1 is 0.750 bits per heavy atom. The van der Waals surface area contributed by atoms with Gasteiger partial charge in [0.25, 0.3) is 0 Å². The van der Waals surface area contributed by atoms with Gasteiger partial charge in [0.2, 0.25) is 0 Å². The van der Waals surface area contributed by atoms with Gasteiger partial charge in [-0.1, -0.05) is 84.0 Å². The van der Waals surface area contributed by atoms with E-state index < -0.39 is 15.4 Å². The largest absolute Gasteiger partial charge is 1.00 e. The SMILES string of the molecule is CCCCCCCCCC(CCCCCCCCO)S(=O)(=O)[O-].[Na+]. The summed E-state index contributed by atoms with van der Waals surface area (Å²) < 4.78 is 34.1. The molecule has 24 heavy (non-hydrogen) atoms. The van der Waals surface area contributed by atoms with E-state index in [-0.39, 0.29) is 36.2 Å². The molecule has 0 aromatic carbocycles. The maximum atomic E-state index is 11.4. The number of hydrogen-bond donors (Lipinski definition) is 1. The Labute approximate surface area is 172 Å².